The van der Waals surface area contributed by atoms with Crippen LogP contribution in [0.4, 0.5) is 0 Å². The maximum atomic E-state index is 9.90. The lowest BCUT2D eigenvalue weighted by Crippen LogP contribution is -2.14. The van der Waals surface area contributed by atoms with Gasteiger partial charge < -0.3 is 9.67 Å². The van der Waals surface area contributed by atoms with E-state index in [4.69, 9.17) is 0 Å². The van der Waals surface area contributed by atoms with Crippen LogP contribution in [-0.4, -0.2) is 15.3 Å². The molecule has 0 aliphatic rings. The van der Waals surface area contributed by atoms with Crippen molar-refractivity contribution in [2.45, 2.75) is 71.8 Å². The van der Waals surface area contributed by atoms with Crippen molar-refractivity contribution in [3.8, 4) is 17.5 Å². The predicted octanol–water partition coefficient (Wildman–Crippen LogP) is 7.50. The molecule has 0 unspecified atom stereocenters. The summed E-state index contributed by atoms with van der Waals surface area (Å²) in [5.41, 5.74) is 6.28. The quantitative estimate of drug-likeness (QED) is 0.306. The summed E-state index contributed by atoms with van der Waals surface area (Å²) in [7, 11) is 0. The highest BCUT2D eigenvalue weighted by Gasteiger charge is 2.20. The van der Waals surface area contributed by atoms with Gasteiger partial charge in [0.15, 0.2) is 0 Å². The van der Waals surface area contributed by atoms with Crippen LogP contribution in [0.15, 0.2) is 60.7 Å². The minimum atomic E-state index is -0.999. The van der Waals surface area contributed by atoms with Crippen LogP contribution in [0.3, 0.4) is 0 Å². The highest BCUT2D eigenvalue weighted by molar-refractivity contribution is 6.09. The summed E-state index contributed by atoms with van der Waals surface area (Å²) < 4.78 is 2.34. The number of hydrogen-bond acceptors (Lipinski definition) is 1. The third kappa shape index (κ3) is 4.70. The molecule has 0 fully saturated rings. The van der Waals surface area contributed by atoms with Gasteiger partial charge in [-0.15, -0.1) is 0 Å². The predicted molar refractivity (Wildman–Crippen MR) is 141 cm³/mol. The molecular formula is C31H35NO. The molecule has 1 aromatic heterocycles. The molecule has 0 bridgehead atoms. The van der Waals surface area contributed by atoms with Crippen LogP contribution in [0, 0.1) is 11.8 Å². The number of nitrogens with zero attached hydrogens (tertiary/aromatic N) is 1. The largest absolute Gasteiger partial charge is 0.378 e. The molecule has 0 saturated carbocycles. The van der Waals surface area contributed by atoms with E-state index < -0.39 is 5.60 Å². The Morgan fingerprint density at radius 3 is 1.48 bits per heavy atom. The van der Waals surface area contributed by atoms with Crippen molar-refractivity contribution in [2.75, 3.05) is 0 Å². The number of aromatic nitrogens is 1. The average molecular weight is 438 g/mol. The normalized spacial score (nSPS) is 12.8. The molecule has 0 aliphatic heterocycles. The third-order valence-corrected chi connectivity index (χ3v) is 6.14. The van der Waals surface area contributed by atoms with Crippen LogP contribution in [0.5, 0.6) is 0 Å². The lowest BCUT2D eigenvalue weighted by Gasteiger charge is -2.19. The summed E-state index contributed by atoms with van der Waals surface area (Å²) in [6.45, 7) is 17.0. The molecule has 2 nitrogen and oxygen atoms in total. The van der Waals surface area contributed by atoms with Gasteiger partial charge in [-0.3, -0.25) is 0 Å². The second kappa shape index (κ2) is 7.79. The van der Waals surface area contributed by atoms with E-state index >= 15 is 0 Å². The number of benzene rings is 3. The Kier molecular flexibility index (Phi) is 5.46. The van der Waals surface area contributed by atoms with Gasteiger partial charge in [0, 0.05) is 22.0 Å². The first-order chi connectivity index (χ1) is 15.2. The highest BCUT2D eigenvalue weighted by atomic mass is 16.3. The Morgan fingerprint density at radius 1 is 0.636 bits per heavy atom. The maximum absolute atomic E-state index is 9.90. The van der Waals surface area contributed by atoms with Crippen molar-refractivity contribution in [3.63, 3.8) is 0 Å². The van der Waals surface area contributed by atoms with E-state index in [0.717, 1.165) is 11.3 Å². The third-order valence-electron chi connectivity index (χ3n) is 6.14. The molecule has 0 saturated heterocycles. The Bertz CT molecular complexity index is 1320. The van der Waals surface area contributed by atoms with Gasteiger partial charge in [0.1, 0.15) is 5.60 Å². The fourth-order valence-corrected chi connectivity index (χ4v) is 4.15. The minimum Gasteiger partial charge on any atom is -0.378 e. The van der Waals surface area contributed by atoms with Gasteiger partial charge in [-0.1, -0.05) is 65.5 Å². The molecule has 1 heterocycles. The number of rotatable bonds is 1. The van der Waals surface area contributed by atoms with Crippen LogP contribution in [-0.2, 0) is 10.8 Å². The lowest BCUT2D eigenvalue weighted by molar-refractivity contribution is 0.143. The van der Waals surface area contributed by atoms with E-state index in [1.165, 1.54) is 32.9 Å². The number of fused-ring (bicyclic) bond motifs is 3. The Morgan fingerprint density at radius 2 is 1.09 bits per heavy atom. The van der Waals surface area contributed by atoms with Crippen molar-refractivity contribution in [2.24, 2.45) is 0 Å². The molecule has 33 heavy (non-hydrogen) atoms. The summed E-state index contributed by atoms with van der Waals surface area (Å²) in [5, 5.41) is 12.5. The molecule has 4 rings (SSSR count). The van der Waals surface area contributed by atoms with Gasteiger partial charge in [0.05, 0.1) is 11.0 Å². The van der Waals surface area contributed by atoms with Crippen molar-refractivity contribution in [1.82, 2.24) is 4.57 Å². The molecule has 4 aromatic rings. The first kappa shape index (κ1) is 23.1. The van der Waals surface area contributed by atoms with Crippen LogP contribution in [0.1, 0.15) is 72.1 Å². The summed E-state index contributed by atoms with van der Waals surface area (Å²) in [6.07, 6.45) is 0. The zero-order valence-electron chi connectivity index (χ0n) is 21.2. The molecule has 0 radical (unpaired) electrons. The van der Waals surface area contributed by atoms with Crippen LogP contribution >= 0.6 is 0 Å². The molecule has 1 N–H and O–H groups in total. The Labute approximate surface area is 198 Å². The first-order valence-electron chi connectivity index (χ1n) is 11.7. The first-order valence-corrected chi connectivity index (χ1v) is 11.7. The van der Waals surface area contributed by atoms with Crippen LogP contribution in [0.2, 0.25) is 0 Å². The molecule has 170 valence electrons. The summed E-state index contributed by atoms with van der Waals surface area (Å²) in [5.74, 6) is 5.96. The number of aliphatic hydroxyl groups is 1. The molecule has 0 aliphatic carbocycles. The van der Waals surface area contributed by atoms with Crippen LogP contribution < -0.4 is 0 Å². The second-order valence-corrected chi connectivity index (χ2v) is 11.7. The SMILES string of the molecule is CC(C)(O)C#Cc1ccc(-n2c3ccc(C(C)(C)C)cc3c3cc(C(C)(C)C)ccc32)cc1. The average Bonchev–Trinajstić information content (AvgIpc) is 3.04. The fraction of sp³-hybridized carbons (Fsp3) is 0.355. The van der Waals surface area contributed by atoms with E-state index in [-0.39, 0.29) is 10.8 Å². The molecular weight excluding hydrogens is 402 g/mol. The lowest BCUT2D eigenvalue weighted by atomic mass is 9.85. The minimum absolute atomic E-state index is 0.0883. The fourth-order valence-electron chi connectivity index (χ4n) is 4.15. The van der Waals surface area contributed by atoms with Gasteiger partial charge in [0.25, 0.3) is 0 Å². The Balaban J connectivity index is 1.96. The van der Waals surface area contributed by atoms with Gasteiger partial charge >= 0.3 is 0 Å². The van der Waals surface area contributed by atoms with E-state index in [9.17, 15) is 5.11 Å². The molecule has 2 heteroatoms. The summed E-state index contributed by atoms with van der Waals surface area (Å²) in [4.78, 5) is 0. The molecule has 3 aromatic carbocycles. The standard InChI is InChI=1S/C31H35NO/c1-29(2,3)22-11-15-27-25(19-22)26-20-23(30(4,5)6)12-16-28(26)32(27)24-13-9-21(10-14-24)17-18-31(7,8)33/h9-16,19-20,33H,1-8H3. The highest BCUT2D eigenvalue weighted by Crippen LogP contribution is 2.37. The monoisotopic (exact) mass is 437 g/mol. The molecule has 0 amide bonds. The van der Waals surface area contributed by atoms with Gasteiger partial charge in [0.2, 0.25) is 0 Å². The Hall–Kier alpha value is -3.02. The molecule has 0 spiro atoms. The van der Waals surface area contributed by atoms with Crippen molar-refractivity contribution < 1.29 is 5.11 Å². The van der Waals surface area contributed by atoms with Crippen LogP contribution in [0.25, 0.3) is 27.5 Å². The zero-order valence-corrected chi connectivity index (χ0v) is 21.2. The smallest absolute Gasteiger partial charge is 0.120 e. The van der Waals surface area contributed by atoms with Crippen molar-refractivity contribution >= 4 is 21.8 Å². The van der Waals surface area contributed by atoms with Gasteiger partial charge in [-0.25, -0.2) is 0 Å². The number of hydrogen-bond donors (Lipinski definition) is 1. The maximum Gasteiger partial charge on any atom is 0.120 e. The summed E-state index contributed by atoms with van der Waals surface area (Å²) in [6, 6.07) is 22.0. The second-order valence-electron chi connectivity index (χ2n) is 11.7. The van der Waals surface area contributed by atoms with Gasteiger partial charge in [-0.2, -0.15) is 0 Å². The van der Waals surface area contributed by atoms with Gasteiger partial charge in [-0.05, 0) is 84.3 Å². The van der Waals surface area contributed by atoms with E-state index in [1.807, 2.05) is 12.1 Å². The zero-order chi connectivity index (χ0) is 24.2. The topological polar surface area (TPSA) is 25.2 Å². The van der Waals surface area contributed by atoms with E-state index in [0.29, 0.717) is 0 Å². The van der Waals surface area contributed by atoms with Crippen molar-refractivity contribution in [1.29, 1.82) is 0 Å². The summed E-state index contributed by atoms with van der Waals surface area (Å²) >= 11 is 0. The van der Waals surface area contributed by atoms with Crippen molar-refractivity contribution in [3.05, 3.63) is 77.4 Å². The van der Waals surface area contributed by atoms with E-state index in [1.54, 1.807) is 13.8 Å². The van der Waals surface area contributed by atoms with E-state index in [2.05, 4.69) is 106 Å². The molecule has 0 atom stereocenters.